The largest absolute Gasteiger partial charge is 0.383 e. The minimum atomic E-state index is -0.0960. The summed E-state index contributed by atoms with van der Waals surface area (Å²) < 4.78 is 5.35. The van der Waals surface area contributed by atoms with Gasteiger partial charge in [0.1, 0.15) is 5.69 Å². The maximum atomic E-state index is 12.2. The van der Waals surface area contributed by atoms with Crippen LogP contribution in [0.25, 0.3) is 0 Å². The maximum absolute atomic E-state index is 12.2. The molecule has 0 radical (unpaired) electrons. The molecule has 1 aliphatic heterocycles. The van der Waals surface area contributed by atoms with Crippen molar-refractivity contribution in [2.24, 2.45) is 0 Å². The Labute approximate surface area is 156 Å². The second-order valence-electron chi connectivity index (χ2n) is 6.93. The van der Waals surface area contributed by atoms with Crippen LogP contribution in [-0.2, 0) is 4.74 Å². The monoisotopic (exact) mass is 358 g/mol. The molecular formula is C20H30N4O2. The highest BCUT2D eigenvalue weighted by Gasteiger charge is 2.10. The number of carbonyl (C=O) groups is 1. The van der Waals surface area contributed by atoms with E-state index >= 15 is 0 Å². The van der Waals surface area contributed by atoms with E-state index in [1.165, 1.54) is 31.3 Å². The molecule has 2 heterocycles. The van der Waals surface area contributed by atoms with Crippen LogP contribution in [0.5, 0.6) is 0 Å². The standard InChI is InChI=1S/C20H30N4O2/c25-20(22-9-8-17-4-2-1-3-5-17)19-7-6-18(16-23-19)21-10-11-24-12-14-26-15-13-24/h4,6-7,16,21H,1-3,5,8-15H2,(H,22,25). The predicted octanol–water partition coefficient (Wildman–Crippen LogP) is 2.45. The van der Waals surface area contributed by atoms with Gasteiger partial charge >= 0.3 is 0 Å². The molecule has 26 heavy (non-hydrogen) atoms. The van der Waals surface area contributed by atoms with Gasteiger partial charge in [0.25, 0.3) is 5.91 Å². The Kier molecular flexibility index (Phi) is 7.46. The Bertz CT molecular complexity index is 594. The van der Waals surface area contributed by atoms with Crippen molar-refractivity contribution >= 4 is 11.6 Å². The molecule has 3 rings (SSSR count). The summed E-state index contributed by atoms with van der Waals surface area (Å²) in [7, 11) is 0. The first kappa shape index (κ1) is 18.9. The topological polar surface area (TPSA) is 66.5 Å². The molecule has 0 bridgehead atoms. The lowest BCUT2D eigenvalue weighted by atomic mass is 9.97. The smallest absolute Gasteiger partial charge is 0.269 e. The van der Waals surface area contributed by atoms with Gasteiger partial charge in [-0.15, -0.1) is 0 Å². The number of amides is 1. The molecule has 0 saturated carbocycles. The summed E-state index contributed by atoms with van der Waals surface area (Å²) in [5.74, 6) is -0.0960. The van der Waals surface area contributed by atoms with Crippen molar-refractivity contribution in [2.45, 2.75) is 32.1 Å². The van der Waals surface area contributed by atoms with Crippen LogP contribution in [0, 0.1) is 0 Å². The average Bonchev–Trinajstić information content (AvgIpc) is 2.70. The molecular weight excluding hydrogens is 328 g/mol. The molecule has 1 saturated heterocycles. The summed E-state index contributed by atoms with van der Waals surface area (Å²) in [5, 5.41) is 6.33. The first-order valence-corrected chi connectivity index (χ1v) is 9.77. The van der Waals surface area contributed by atoms with E-state index in [4.69, 9.17) is 4.74 Å². The summed E-state index contributed by atoms with van der Waals surface area (Å²) in [6, 6.07) is 3.71. The molecule has 142 valence electrons. The molecule has 6 heteroatoms. The zero-order valence-corrected chi connectivity index (χ0v) is 15.5. The number of nitrogens with zero attached hydrogens (tertiary/aromatic N) is 2. The number of allylic oxidation sites excluding steroid dienone is 1. The van der Waals surface area contributed by atoms with Crippen LogP contribution in [0.1, 0.15) is 42.6 Å². The molecule has 0 atom stereocenters. The number of nitrogens with one attached hydrogen (secondary N) is 2. The van der Waals surface area contributed by atoms with Gasteiger partial charge in [-0.2, -0.15) is 0 Å². The van der Waals surface area contributed by atoms with E-state index in [0.717, 1.165) is 51.5 Å². The molecule has 2 N–H and O–H groups in total. The fraction of sp³-hybridized carbons (Fsp3) is 0.600. The van der Waals surface area contributed by atoms with Gasteiger partial charge in [0.05, 0.1) is 25.1 Å². The van der Waals surface area contributed by atoms with Crippen LogP contribution in [0.4, 0.5) is 5.69 Å². The third-order valence-corrected chi connectivity index (χ3v) is 4.97. The Balaban J connectivity index is 1.36. The number of carbonyl (C=O) groups excluding carboxylic acids is 1. The van der Waals surface area contributed by atoms with E-state index in [0.29, 0.717) is 12.2 Å². The molecule has 1 aromatic heterocycles. The van der Waals surface area contributed by atoms with Gasteiger partial charge in [-0.3, -0.25) is 9.69 Å². The van der Waals surface area contributed by atoms with Crippen LogP contribution in [0.15, 0.2) is 30.0 Å². The van der Waals surface area contributed by atoms with E-state index in [-0.39, 0.29) is 5.91 Å². The minimum absolute atomic E-state index is 0.0960. The van der Waals surface area contributed by atoms with Crippen molar-refractivity contribution in [3.63, 3.8) is 0 Å². The maximum Gasteiger partial charge on any atom is 0.269 e. The summed E-state index contributed by atoms with van der Waals surface area (Å²) in [5.41, 5.74) is 2.90. The second-order valence-corrected chi connectivity index (χ2v) is 6.93. The van der Waals surface area contributed by atoms with Gasteiger partial charge < -0.3 is 15.4 Å². The zero-order valence-electron chi connectivity index (χ0n) is 15.5. The van der Waals surface area contributed by atoms with Crippen molar-refractivity contribution in [1.29, 1.82) is 0 Å². The van der Waals surface area contributed by atoms with Gasteiger partial charge in [-0.05, 0) is 44.2 Å². The fourth-order valence-electron chi connectivity index (χ4n) is 3.37. The van der Waals surface area contributed by atoms with Crippen molar-refractivity contribution in [1.82, 2.24) is 15.2 Å². The molecule has 0 unspecified atom stereocenters. The van der Waals surface area contributed by atoms with Crippen LogP contribution >= 0.6 is 0 Å². The van der Waals surface area contributed by atoms with E-state index in [1.807, 2.05) is 6.07 Å². The number of anilines is 1. The van der Waals surface area contributed by atoms with E-state index in [1.54, 1.807) is 12.3 Å². The lowest BCUT2D eigenvalue weighted by Crippen LogP contribution is -2.39. The quantitative estimate of drug-likeness (QED) is 0.699. The summed E-state index contributed by atoms with van der Waals surface area (Å²) in [4.78, 5) is 18.9. The highest BCUT2D eigenvalue weighted by molar-refractivity contribution is 5.92. The number of rotatable bonds is 8. The Morgan fingerprint density at radius 1 is 1.19 bits per heavy atom. The van der Waals surface area contributed by atoms with Crippen LogP contribution in [0.3, 0.4) is 0 Å². The number of hydrogen-bond donors (Lipinski definition) is 2. The molecule has 0 spiro atoms. The molecule has 0 aromatic carbocycles. The second kappa shape index (κ2) is 10.3. The van der Waals surface area contributed by atoms with Gasteiger partial charge in [0.15, 0.2) is 0 Å². The molecule has 1 aromatic rings. The van der Waals surface area contributed by atoms with Crippen molar-refractivity contribution in [3.05, 3.63) is 35.7 Å². The summed E-state index contributed by atoms with van der Waals surface area (Å²) in [6.45, 7) is 6.17. The van der Waals surface area contributed by atoms with Crippen LogP contribution in [-0.4, -0.2) is 61.7 Å². The van der Waals surface area contributed by atoms with Gasteiger partial charge in [-0.25, -0.2) is 4.98 Å². The van der Waals surface area contributed by atoms with E-state index in [9.17, 15) is 4.79 Å². The van der Waals surface area contributed by atoms with Crippen LogP contribution in [0.2, 0.25) is 0 Å². The fourth-order valence-corrected chi connectivity index (χ4v) is 3.37. The molecule has 6 nitrogen and oxygen atoms in total. The van der Waals surface area contributed by atoms with Crippen molar-refractivity contribution < 1.29 is 9.53 Å². The zero-order chi connectivity index (χ0) is 18.0. The number of aromatic nitrogens is 1. The number of hydrogen-bond acceptors (Lipinski definition) is 5. The van der Waals surface area contributed by atoms with Gasteiger partial charge in [-0.1, -0.05) is 11.6 Å². The summed E-state index contributed by atoms with van der Waals surface area (Å²) in [6.07, 6.45) is 9.95. The lowest BCUT2D eigenvalue weighted by Gasteiger charge is -2.26. The van der Waals surface area contributed by atoms with Crippen molar-refractivity contribution in [2.75, 3.05) is 51.3 Å². The highest BCUT2D eigenvalue weighted by Crippen LogP contribution is 2.19. The SMILES string of the molecule is O=C(NCCC1=CCCCC1)c1ccc(NCCN2CCOCC2)cn1. The minimum Gasteiger partial charge on any atom is -0.383 e. The molecule has 1 fully saturated rings. The Morgan fingerprint density at radius 2 is 2.08 bits per heavy atom. The average molecular weight is 358 g/mol. The van der Waals surface area contributed by atoms with Gasteiger partial charge in [0, 0.05) is 32.7 Å². The van der Waals surface area contributed by atoms with E-state index < -0.39 is 0 Å². The molecule has 1 amide bonds. The highest BCUT2D eigenvalue weighted by atomic mass is 16.5. The number of morpholine rings is 1. The van der Waals surface area contributed by atoms with Gasteiger partial charge in [0.2, 0.25) is 0 Å². The molecule has 1 aliphatic carbocycles. The lowest BCUT2D eigenvalue weighted by molar-refractivity contribution is 0.0398. The van der Waals surface area contributed by atoms with Crippen molar-refractivity contribution in [3.8, 4) is 0 Å². The molecule has 2 aliphatic rings. The normalized spacial score (nSPS) is 18.2. The summed E-state index contributed by atoms with van der Waals surface area (Å²) >= 11 is 0. The third kappa shape index (κ3) is 6.11. The third-order valence-electron chi connectivity index (χ3n) is 4.97. The van der Waals surface area contributed by atoms with Crippen LogP contribution < -0.4 is 10.6 Å². The predicted molar refractivity (Wildman–Crippen MR) is 103 cm³/mol. The van der Waals surface area contributed by atoms with E-state index in [2.05, 4.69) is 26.6 Å². The Morgan fingerprint density at radius 3 is 2.81 bits per heavy atom. The number of ether oxygens (including phenoxy) is 1. The Hall–Kier alpha value is -1.92. The first-order valence-electron chi connectivity index (χ1n) is 9.77. The first-order chi connectivity index (χ1) is 12.8. The number of pyridine rings is 1.